The van der Waals surface area contributed by atoms with Crippen LogP contribution in [-0.4, -0.2) is 88.1 Å². The summed E-state index contributed by atoms with van der Waals surface area (Å²) in [5, 5.41) is 4.99. The van der Waals surface area contributed by atoms with E-state index < -0.39 is 5.54 Å². The summed E-state index contributed by atoms with van der Waals surface area (Å²) in [5.74, 6) is 0.798. The summed E-state index contributed by atoms with van der Waals surface area (Å²) in [6.45, 7) is 11.0. The Morgan fingerprint density at radius 2 is 1.79 bits per heavy atom. The van der Waals surface area contributed by atoms with Crippen molar-refractivity contribution in [3.05, 3.63) is 53.4 Å². The van der Waals surface area contributed by atoms with Crippen LogP contribution in [0.5, 0.6) is 0 Å². The van der Waals surface area contributed by atoms with Gasteiger partial charge in [0.15, 0.2) is 0 Å². The Hall–Kier alpha value is -2.72. The van der Waals surface area contributed by atoms with Crippen molar-refractivity contribution in [2.45, 2.75) is 50.7 Å². The SMILES string of the molecule is CC(C)N1CCN(CC[C@@H](NC(=O)C2(N)CCN(c3ncnc4[nH]ccc34)CC2)c2ccc(Cl)cc2)CC1. The predicted octanol–water partition coefficient (Wildman–Crippen LogP) is 3.18. The van der Waals surface area contributed by atoms with Gasteiger partial charge in [-0.2, -0.15) is 0 Å². The summed E-state index contributed by atoms with van der Waals surface area (Å²) >= 11 is 6.16. The number of H-pyrrole nitrogens is 1. The number of carbonyl (C=O) groups is 1. The first-order chi connectivity index (χ1) is 18.3. The molecule has 2 saturated heterocycles. The maximum atomic E-state index is 13.6. The van der Waals surface area contributed by atoms with Crippen LogP contribution in [0.3, 0.4) is 0 Å². The fraction of sp³-hybridized carbons (Fsp3) is 0.536. The van der Waals surface area contributed by atoms with Gasteiger partial charge < -0.3 is 25.8 Å². The molecule has 2 aliphatic rings. The zero-order chi connectivity index (χ0) is 26.7. The van der Waals surface area contributed by atoms with Crippen molar-refractivity contribution in [3.63, 3.8) is 0 Å². The summed E-state index contributed by atoms with van der Waals surface area (Å²) in [4.78, 5) is 32.8. The molecule has 9 nitrogen and oxygen atoms in total. The van der Waals surface area contributed by atoms with E-state index in [2.05, 4.69) is 48.8 Å². The van der Waals surface area contributed by atoms with Crippen molar-refractivity contribution in [1.82, 2.24) is 30.1 Å². The highest BCUT2D eigenvalue weighted by molar-refractivity contribution is 6.30. The standard InChI is InChI=1S/C28H39ClN8O/c1-20(2)36-17-15-35(16-18-36)12-8-24(21-3-5-22(29)6-4-21)34-27(38)28(30)9-13-37(14-10-28)26-23-7-11-31-25(23)32-19-33-26/h3-7,11,19-20,24H,8-10,12-18,30H2,1-2H3,(H,34,38)(H,31,32,33)/t24-/m1/s1. The number of hydrogen-bond donors (Lipinski definition) is 3. The van der Waals surface area contributed by atoms with Crippen LogP contribution >= 0.6 is 11.6 Å². The largest absolute Gasteiger partial charge is 0.356 e. The number of carbonyl (C=O) groups excluding carboxylic acids is 1. The summed E-state index contributed by atoms with van der Waals surface area (Å²) in [7, 11) is 0. The minimum Gasteiger partial charge on any atom is -0.356 e. The van der Waals surface area contributed by atoms with Gasteiger partial charge >= 0.3 is 0 Å². The molecule has 10 heteroatoms. The van der Waals surface area contributed by atoms with Gasteiger partial charge in [-0.3, -0.25) is 9.69 Å². The first-order valence-corrected chi connectivity index (χ1v) is 14.0. The van der Waals surface area contributed by atoms with Gasteiger partial charge in [0.25, 0.3) is 0 Å². The second-order valence-corrected chi connectivity index (χ2v) is 11.4. The van der Waals surface area contributed by atoms with Gasteiger partial charge in [-0.25, -0.2) is 9.97 Å². The molecule has 0 unspecified atom stereocenters. The van der Waals surface area contributed by atoms with Crippen LogP contribution in [0.1, 0.15) is 44.7 Å². The number of aromatic nitrogens is 3. The lowest BCUT2D eigenvalue weighted by Crippen LogP contribution is -2.60. The normalized spacial score (nSPS) is 19.7. The molecule has 2 fully saturated rings. The van der Waals surface area contributed by atoms with Crippen LogP contribution in [0.25, 0.3) is 11.0 Å². The number of fused-ring (bicyclic) bond motifs is 1. The molecule has 3 aromatic rings. The van der Waals surface area contributed by atoms with Crippen molar-refractivity contribution in [3.8, 4) is 0 Å². The van der Waals surface area contributed by atoms with Gasteiger partial charge in [0, 0.05) is 63.1 Å². The molecule has 1 atom stereocenters. The molecule has 0 radical (unpaired) electrons. The molecule has 0 saturated carbocycles. The average Bonchev–Trinajstić information content (AvgIpc) is 3.41. The van der Waals surface area contributed by atoms with Crippen molar-refractivity contribution >= 4 is 34.4 Å². The van der Waals surface area contributed by atoms with Crippen molar-refractivity contribution in [2.75, 3.05) is 50.7 Å². The second kappa shape index (κ2) is 11.6. The average molecular weight is 539 g/mol. The monoisotopic (exact) mass is 538 g/mol. The summed E-state index contributed by atoms with van der Waals surface area (Å²) in [6.07, 6.45) is 5.38. The van der Waals surface area contributed by atoms with Gasteiger partial charge in [-0.05, 0) is 56.9 Å². The van der Waals surface area contributed by atoms with Gasteiger partial charge in [0.05, 0.1) is 17.0 Å². The van der Waals surface area contributed by atoms with E-state index in [0.29, 0.717) is 37.0 Å². The maximum absolute atomic E-state index is 13.6. The molecule has 5 rings (SSSR count). The summed E-state index contributed by atoms with van der Waals surface area (Å²) in [5.41, 5.74) is 7.70. The van der Waals surface area contributed by atoms with Crippen LogP contribution in [0.4, 0.5) is 5.82 Å². The molecular formula is C28H39ClN8O. The molecule has 0 aliphatic carbocycles. The second-order valence-electron chi connectivity index (χ2n) is 10.9. The molecule has 1 amide bonds. The molecule has 38 heavy (non-hydrogen) atoms. The van der Waals surface area contributed by atoms with Crippen LogP contribution in [0, 0.1) is 0 Å². The van der Waals surface area contributed by atoms with Crippen LogP contribution in [-0.2, 0) is 4.79 Å². The van der Waals surface area contributed by atoms with E-state index in [1.807, 2.05) is 36.5 Å². The first-order valence-electron chi connectivity index (χ1n) is 13.7. The van der Waals surface area contributed by atoms with Gasteiger partial charge in [-0.15, -0.1) is 0 Å². The van der Waals surface area contributed by atoms with E-state index in [-0.39, 0.29) is 11.9 Å². The third kappa shape index (κ3) is 5.96. The van der Waals surface area contributed by atoms with E-state index in [1.165, 1.54) is 0 Å². The van der Waals surface area contributed by atoms with E-state index in [1.54, 1.807) is 6.33 Å². The Bertz CT molecular complexity index is 1210. The van der Waals surface area contributed by atoms with E-state index in [4.69, 9.17) is 17.3 Å². The number of nitrogens with one attached hydrogen (secondary N) is 2. The minimum absolute atomic E-state index is 0.0868. The maximum Gasteiger partial charge on any atom is 0.240 e. The Labute approximate surface area is 229 Å². The third-order valence-corrected chi connectivity index (χ3v) is 8.44. The lowest BCUT2D eigenvalue weighted by Gasteiger charge is -2.40. The number of halogens is 1. The molecule has 1 aromatic carbocycles. The number of aromatic amines is 1. The number of anilines is 1. The van der Waals surface area contributed by atoms with E-state index >= 15 is 0 Å². The minimum atomic E-state index is -0.922. The number of amides is 1. The van der Waals surface area contributed by atoms with Crippen molar-refractivity contribution < 1.29 is 4.79 Å². The number of piperidine rings is 1. The Morgan fingerprint density at radius 3 is 2.47 bits per heavy atom. The zero-order valence-electron chi connectivity index (χ0n) is 22.4. The highest BCUT2D eigenvalue weighted by atomic mass is 35.5. The molecule has 2 aliphatic heterocycles. The molecule has 2 aromatic heterocycles. The quantitative estimate of drug-likeness (QED) is 0.404. The van der Waals surface area contributed by atoms with Gasteiger partial charge in [0.2, 0.25) is 5.91 Å². The smallest absolute Gasteiger partial charge is 0.240 e. The molecule has 204 valence electrons. The van der Waals surface area contributed by atoms with E-state index in [0.717, 1.165) is 61.6 Å². The van der Waals surface area contributed by atoms with Gasteiger partial charge in [0.1, 0.15) is 17.8 Å². The summed E-state index contributed by atoms with van der Waals surface area (Å²) < 4.78 is 0. The van der Waals surface area contributed by atoms with Crippen LogP contribution < -0.4 is 16.0 Å². The highest BCUT2D eigenvalue weighted by Gasteiger charge is 2.39. The lowest BCUT2D eigenvalue weighted by molar-refractivity contribution is -0.128. The number of piperazine rings is 1. The number of benzene rings is 1. The molecule has 4 N–H and O–H groups in total. The fourth-order valence-corrected chi connectivity index (χ4v) is 5.72. The van der Waals surface area contributed by atoms with Crippen LogP contribution in [0.15, 0.2) is 42.9 Å². The number of nitrogens with two attached hydrogens (primary N) is 1. The molecule has 0 bridgehead atoms. The number of nitrogens with zero attached hydrogens (tertiary/aromatic N) is 5. The molecule has 4 heterocycles. The molecule has 0 spiro atoms. The zero-order valence-corrected chi connectivity index (χ0v) is 23.1. The lowest BCUT2D eigenvalue weighted by atomic mass is 9.87. The Kier molecular flexibility index (Phi) is 8.18. The van der Waals surface area contributed by atoms with E-state index in [9.17, 15) is 4.79 Å². The van der Waals surface area contributed by atoms with Crippen molar-refractivity contribution in [1.29, 1.82) is 0 Å². The highest BCUT2D eigenvalue weighted by Crippen LogP contribution is 2.29. The topological polar surface area (TPSA) is 106 Å². The summed E-state index contributed by atoms with van der Waals surface area (Å²) in [6, 6.07) is 10.2. The first kappa shape index (κ1) is 26.9. The number of rotatable bonds is 8. The van der Waals surface area contributed by atoms with Crippen LogP contribution in [0.2, 0.25) is 5.02 Å². The van der Waals surface area contributed by atoms with Gasteiger partial charge in [-0.1, -0.05) is 23.7 Å². The third-order valence-electron chi connectivity index (χ3n) is 8.19. The number of hydrogen-bond acceptors (Lipinski definition) is 7. The fourth-order valence-electron chi connectivity index (χ4n) is 5.59. The Balaban J connectivity index is 1.22. The Morgan fingerprint density at radius 1 is 1.08 bits per heavy atom. The predicted molar refractivity (Wildman–Crippen MR) is 152 cm³/mol. The molecular weight excluding hydrogens is 500 g/mol. The van der Waals surface area contributed by atoms with Crippen molar-refractivity contribution in [2.24, 2.45) is 5.73 Å².